The van der Waals surface area contributed by atoms with Gasteiger partial charge >= 0.3 is 0 Å². The van der Waals surface area contributed by atoms with Crippen LogP contribution in [-0.2, 0) is 0 Å². The number of benzene rings is 1. The summed E-state index contributed by atoms with van der Waals surface area (Å²) in [4.78, 5) is 2.25. The number of hydrogen-bond donors (Lipinski definition) is 1. The van der Waals surface area contributed by atoms with E-state index in [1.807, 2.05) is 19.9 Å². The number of aliphatic hydroxyl groups is 1. The molecule has 0 fully saturated rings. The zero-order chi connectivity index (χ0) is 15.2. The van der Waals surface area contributed by atoms with E-state index in [1.54, 1.807) is 0 Å². The molecule has 0 amide bonds. The molecular weight excluding hydrogens is 250 g/mol. The molecule has 1 N–H and O–H groups in total. The molecule has 0 aliphatic carbocycles. The van der Waals surface area contributed by atoms with E-state index in [2.05, 4.69) is 37.8 Å². The van der Waals surface area contributed by atoms with Crippen LogP contribution in [0.3, 0.4) is 0 Å². The van der Waals surface area contributed by atoms with E-state index in [4.69, 9.17) is 4.74 Å². The standard InChI is InChI=1S/C17H29NO2/c1-6-18(13-17(4,5)19)10-7-11-20-16-9-8-14(2)15(3)12-16/h8-9,12,19H,6-7,10-11,13H2,1-5H3. The summed E-state index contributed by atoms with van der Waals surface area (Å²) in [5, 5.41) is 9.84. The Morgan fingerprint density at radius 2 is 1.90 bits per heavy atom. The van der Waals surface area contributed by atoms with E-state index in [1.165, 1.54) is 11.1 Å². The van der Waals surface area contributed by atoms with E-state index < -0.39 is 5.60 Å². The third-order valence-electron chi connectivity index (χ3n) is 3.42. The Bertz CT molecular complexity index is 410. The molecule has 0 aliphatic rings. The molecule has 0 radical (unpaired) electrons. The fourth-order valence-corrected chi connectivity index (χ4v) is 2.18. The summed E-state index contributed by atoms with van der Waals surface area (Å²) in [5.74, 6) is 0.943. The molecule has 0 aromatic heterocycles. The van der Waals surface area contributed by atoms with Crippen molar-refractivity contribution in [3.05, 3.63) is 29.3 Å². The van der Waals surface area contributed by atoms with Crippen molar-refractivity contribution < 1.29 is 9.84 Å². The van der Waals surface area contributed by atoms with Crippen molar-refractivity contribution in [1.82, 2.24) is 4.90 Å². The molecule has 0 saturated carbocycles. The molecule has 0 heterocycles. The molecule has 3 nitrogen and oxygen atoms in total. The first-order chi connectivity index (χ1) is 9.31. The second kappa shape index (κ2) is 7.65. The highest BCUT2D eigenvalue weighted by Crippen LogP contribution is 2.16. The first-order valence-electron chi connectivity index (χ1n) is 7.46. The van der Waals surface area contributed by atoms with E-state index in [0.29, 0.717) is 13.2 Å². The van der Waals surface area contributed by atoms with Crippen LogP contribution < -0.4 is 4.74 Å². The SMILES string of the molecule is CCN(CCCOc1ccc(C)c(C)c1)CC(C)(C)O. The van der Waals surface area contributed by atoms with Crippen LogP contribution in [0.2, 0.25) is 0 Å². The predicted molar refractivity (Wildman–Crippen MR) is 84.4 cm³/mol. The van der Waals surface area contributed by atoms with Gasteiger partial charge in [-0.2, -0.15) is 0 Å². The minimum atomic E-state index is -0.634. The van der Waals surface area contributed by atoms with Gasteiger partial charge in [0.25, 0.3) is 0 Å². The number of likely N-dealkylation sites (N-methyl/N-ethyl adjacent to an activating group) is 1. The van der Waals surface area contributed by atoms with Gasteiger partial charge in [-0.05, 0) is 63.9 Å². The van der Waals surface area contributed by atoms with Crippen LogP contribution in [0.15, 0.2) is 18.2 Å². The van der Waals surface area contributed by atoms with Crippen LogP contribution in [0.25, 0.3) is 0 Å². The number of rotatable bonds is 8. The summed E-state index contributed by atoms with van der Waals surface area (Å²) in [6.07, 6.45) is 0.969. The van der Waals surface area contributed by atoms with Crippen molar-refractivity contribution in [2.75, 3.05) is 26.2 Å². The normalized spacial score (nSPS) is 11.9. The van der Waals surface area contributed by atoms with Crippen LogP contribution in [0.1, 0.15) is 38.3 Å². The zero-order valence-corrected chi connectivity index (χ0v) is 13.6. The van der Waals surface area contributed by atoms with Gasteiger partial charge in [-0.1, -0.05) is 13.0 Å². The lowest BCUT2D eigenvalue weighted by molar-refractivity contribution is 0.0364. The van der Waals surface area contributed by atoms with Gasteiger partial charge in [0, 0.05) is 13.1 Å². The maximum Gasteiger partial charge on any atom is 0.119 e. The van der Waals surface area contributed by atoms with Gasteiger partial charge < -0.3 is 14.7 Å². The van der Waals surface area contributed by atoms with Crippen molar-refractivity contribution in [3.8, 4) is 5.75 Å². The van der Waals surface area contributed by atoms with Gasteiger partial charge in [-0.25, -0.2) is 0 Å². The van der Waals surface area contributed by atoms with Crippen LogP contribution in [-0.4, -0.2) is 41.8 Å². The molecule has 0 saturated heterocycles. The van der Waals surface area contributed by atoms with Gasteiger partial charge in [0.15, 0.2) is 0 Å². The van der Waals surface area contributed by atoms with Crippen molar-refractivity contribution in [2.24, 2.45) is 0 Å². The molecular formula is C17H29NO2. The summed E-state index contributed by atoms with van der Waals surface area (Å²) < 4.78 is 5.78. The number of aryl methyl sites for hydroxylation is 2. The summed E-state index contributed by atoms with van der Waals surface area (Å²) in [5.41, 5.74) is 1.92. The van der Waals surface area contributed by atoms with E-state index in [9.17, 15) is 5.11 Å². The molecule has 3 heteroatoms. The van der Waals surface area contributed by atoms with Crippen LogP contribution in [0.5, 0.6) is 5.75 Å². The third kappa shape index (κ3) is 6.40. The fourth-order valence-electron chi connectivity index (χ4n) is 2.18. The lowest BCUT2D eigenvalue weighted by Crippen LogP contribution is -2.39. The van der Waals surface area contributed by atoms with E-state index in [-0.39, 0.29) is 0 Å². The molecule has 1 aromatic carbocycles. The average molecular weight is 279 g/mol. The highest BCUT2D eigenvalue weighted by atomic mass is 16.5. The molecule has 1 rings (SSSR count). The van der Waals surface area contributed by atoms with E-state index in [0.717, 1.165) is 25.3 Å². The Hall–Kier alpha value is -1.06. The fraction of sp³-hybridized carbons (Fsp3) is 0.647. The number of nitrogens with zero attached hydrogens (tertiary/aromatic N) is 1. The summed E-state index contributed by atoms with van der Waals surface area (Å²) >= 11 is 0. The number of ether oxygens (including phenoxy) is 1. The Morgan fingerprint density at radius 1 is 1.20 bits per heavy atom. The molecule has 114 valence electrons. The van der Waals surface area contributed by atoms with Crippen molar-refractivity contribution in [2.45, 2.75) is 46.6 Å². The van der Waals surface area contributed by atoms with Crippen molar-refractivity contribution >= 4 is 0 Å². The van der Waals surface area contributed by atoms with Gasteiger partial charge in [0.05, 0.1) is 12.2 Å². The lowest BCUT2D eigenvalue weighted by Gasteiger charge is -2.27. The highest BCUT2D eigenvalue weighted by molar-refractivity contribution is 5.33. The van der Waals surface area contributed by atoms with Gasteiger partial charge in [-0.3, -0.25) is 0 Å². The minimum Gasteiger partial charge on any atom is -0.494 e. The van der Waals surface area contributed by atoms with Crippen LogP contribution in [0, 0.1) is 13.8 Å². The quantitative estimate of drug-likeness (QED) is 0.742. The minimum absolute atomic E-state index is 0.634. The molecule has 0 aliphatic heterocycles. The molecule has 0 atom stereocenters. The summed E-state index contributed by atoms with van der Waals surface area (Å²) in [7, 11) is 0. The Morgan fingerprint density at radius 3 is 2.45 bits per heavy atom. The van der Waals surface area contributed by atoms with Gasteiger partial charge in [0.1, 0.15) is 5.75 Å². The first-order valence-corrected chi connectivity index (χ1v) is 7.46. The molecule has 1 aromatic rings. The second-order valence-electron chi connectivity index (χ2n) is 6.13. The molecule has 0 unspecified atom stereocenters. The van der Waals surface area contributed by atoms with Crippen molar-refractivity contribution in [1.29, 1.82) is 0 Å². The predicted octanol–water partition coefficient (Wildman–Crippen LogP) is 3.17. The Kier molecular flexibility index (Phi) is 6.50. The third-order valence-corrected chi connectivity index (χ3v) is 3.42. The molecule has 0 spiro atoms. The summed E-state index contributed by atoms with van der Waals surface area (Å²) in [6, 6.07) is 6.21. The molecule has 20 heavy (non-hydrogen) atoms. The maximum absolute atomic E-state index is 9.84. The first kappa shape index (κ1) is 17.0. The van der Waals surface area contributed by atoms with Crippen molar-refractivity contribution in [3.63, 3.8) is 0 Å². The Balaban J connectivity index is 2.31. The van der Waals surface area contributed by atoms with Gasteiger partial charge in [-0.15, -0.1) is 0 Å². The maximum atomic E-state index is 9.84. The summed E-state index contributed by atoms with van der Waals surface area (Å²) in [6.45, 7) is 13.3. The van der Waals surface area contributed by atoms with Gasteiger partial charge in [0.2, 0.25) is 0 Å². The second-order valence-corrected chi connectivity index (χ2v) is 6.13. The van der Waals surface area contributed by atoms with E-state index >= 15 is 0 Å². The zero-order valence-electron chi connectivity index (χ0n) is 13.6. The monoisotopic (exact) mass is 279 g/mol. The van der Waals surface area contributed by atoms with Crippen LogP contribution >= 0.6 is 0 Å². The lowest BCUT2D eigenvalue weighted by atomic mass is 10.1. The largest absolute Gasteiger partial charge is 0.494 e. The van der Waals surface area contributed by atoms with Crippen LogP contribution in [0.4, 0.5) is 0 Å². The topological polar surface area (TPSA) is 32.7 Å². The highest BCUT2D eigenvalue weighted by Gasteiger charge is 2.16. The molecule has 0 bridgehead atoms. The number of hydrogen-bond acceptors (Lipinski definition) is 3. The smallest absolute Gasteiger partial charge is 0.119 e. The average Bonchev–Trinajstić information content (AvgIpc) is 2.36. The Labute approximate surface area is 123 Å².